The number of carbonyl (C=O) groups excluding carboxylic acids is 1. The number of ether oxygens (including phenoxy) is 1. The molecule has 2 heterocycles. The summed E-state index contributed by atoms with van der Waals surface area (Å²) in [5.41, 5.74) is 1.40. The second kappa shape index (κ2) is 8.23. The van der Waals surface area contributed by atoms with Crippen molar-refractivity contribution in [2.75, 3.05) is 7.11 Å². The van der Waals surface area contributed by atoms with Gasteiger partial charge in [-0.1, -0.05) is 47.7 Å². The molecule has 0 aliphatic carbocycles. The first-order chi connectivity index (χ1) is 13.8. The summed E-state index contributed by atoms with van der Waals surface area (Å²) in [4.78, 5) is 25.9. The zero-order valence-corrected chi connectivity index (χ0v) is 17.4. The number of nitrogens with zero attached hydrogens (tertiary/aromatic N) is 2. The highest BCUT2D eigenvalue weighted by atomic mass is 32.2. The number of rotatable bonds is 7. The van der Waals surface area contributed by atoms with Crippen molar-refractivity contribution < 1.29 is 22.9 Å². The number of thiophene rings is 1. The third kappa shape index (κ3) is 3.97. The van der Waals surface area contributed by atoms with E-state index in [1.54, 1.807) is 5.38 Å². The van der Waals surface area contributed by atoms with Gasteiger partial charge in [0.05, 0.1) is 17.7 Å². The van der Waals surface area contributed by atoms with E-state index in [2.05, 4.69) is 16.3 Å². The van der Waals surface area contributed by atoms with Gasteiger partial charge in [-0.15, -0.1) is 17.9 Å². The Hall–Kier alpha value is -2.89. The third-order valence-electron chi connectivity index (χ3n) is 3.92. The van der Waals surface area contributed by atoms with Gasteiger partial charge < -0.3 is 4.74 Å². The molecule has 1 aromatic carbocycles. The van der Waals surface area contributed by atoms with Crippen molar-refractivity contribution in [2.24, 2.45) is 0 Å². The zero-order valence-electron chi connectivity index (χ0n) is 15.0. The van der Waals surface area contributed by atoms with Crippen molar-refractivity contribution in [3.8, 4) is 11.3 Å². The van der Waals surface area contributed by atoms with Gasteiger partial charge in [0.1, 0.15) is 15.1 Å². The molecule has 3 aromatic rings. The van der Waals surface area contributed by atoms with Crippen molar-refractivity contribution in [3.05, 3.63) is 74.4 Å². The highest BCUT2D eigenvalue weighted by Crippen LogP contribution is 2.41. The molecule has 0 bridgehead atoms. The fourth-order valence-electron chi connectivity index (χ4n) is 2.55. The van der Waals surface area contributed by atoms with Crippen molar-refractivity contribution in [2.45, 2.75) is 10.1 Å². The normalized spacial score (nSPS) is 12.3. The van der Waals surface area contributed by atoms with Gasteiger partial charge in [-0.25, -0.2) is 18.2 Å². The summed E-state index contributed by atoms with van der Waals surface area (Å²) in [5, 5.41) is 11.4. The fraction of sp³-hybridized carbons (Fsp3) is 0.111. The van der Waals surface area contributed by atoms with E-state index in [0.29, 0.717) is 17.0 Å². The molecule has 8 nitrogen and oxygen atoms in total. The minimum atomic E-state index is -4.28. The lowest BCUT2D eigenvalue weighted by atomic mass is 10.2. The van der Waals surface area contributed by atoms with E-state index < -0.39 is 35.9 Å². The molecule has 29 heavy (non-hydrogen) atoms. The van der Waals surface area contributed by atoms with Gasteiger partial charge in [0.15, 0.2) is 14.7 Å². The molecule has 0 aliphatic heterocycles. The number of carbonyl (C=O) groups is 1. The lowest BCUT2D eigenvalue weighted by Crippen LogP contribution is -2.12. The van der Waals surface area contributed by atoms with E-state index in [1.165, 1.54) is 6.08 Å². The number of hydrogen-bond acceptors (Lipinski definition) is 9. The molecule has 0 aliphatic rings. The first kappa shape index (κ1) is 20.8. The van der Waals surface area contributed by atoms with Crippen molar-refractivity contribution in [1.29, 1.82) is 0 Å². The highest BCUT2D eigenvalue weighted by Gasteiger charge is 2.38. The first-order valence-electron chi connectivity index (χ1n) is 8.03. The largest absolute Gasteiger partial charge is 0.465 e. The number of thiazole rings is 1. The topological polar surface area (TPSA) is 116 Å². The molecule has 0 radical (unpaired) electrons. The minimum absolute atomic E-state index is 0.176. The van der Waals surface area contributed by atoms with Crippen molar-refractivity contribution in [1.82, 2.24) is 4.98 Å². The summed E-state index contributed by atoms with van der Waals surface area (Å²) in [6.07, 6.45) is 1.17. The zero-order chi connectivity index (χ0) is 21.2. The maximum Gasteiger partial charge on any atom is 0.348 e. The molecule has 2 aromatic heterocycles. The summed E-state index contributed by atoms with van der Waals surface area (Å²) in [7, 11) is -3.17. The van der Waals surface area contributed by atoms with E-state index in [4.69, 9.17) is 0 Å². The van der Waals surface area contributed by atoms with Crippen LogP contribution in [0.15, 0.2) is 59.3 Å². The summed E-state index contributed by atoms with van der Waals surface area (Å²) in [6, 6.07) is 10.2. The lowest BCUT2D eigenvalue weighted by Gasteiger charge is -2.09. The molecule has 3 rings (SSSR count). The fourth-order valence-corrected chi connectivity index (χ4v) is 6.68. The van der Waals surface area contributed by atoms with Gasteiger partial charge in [-0.05, 0) is 6.07 Å². The van der Waals surface area contributed by atoms with Crippen LogP contribution in [0, 0.1) is 10.1 Å². The molecule has 0 saturated carbocycles. The van der Waals surface area contributed by atoms with Crippen LogP contribution in [0.3, 0.4) is 0 Å². The van der Waals surface area contributed by atoms with Crippen LogP contribution in [0.5, 0.6) is 0 Å². The molecular formula is C18H14N2O6S3. The standard InChI is InChI=1S/C18H14N2O6S3/c1-3-14(16-19-12(10-27-16)11-7-5-4-6-8-11)29(24,25)15-9-13(18(21)26-2)28-17(15)20(22)23/h3-10,14H,1H2,2H3. The second-order valence-corrected chi connectivity index (χ2v) is 9.63. The average Bonchev–Trinajstić information content (AvgIpc) is 3.36. The number of methoxy groups -OCH3 is 1. The highest BCUT2D eigenvalue weighted by molar-refractivity contribution is 7.92. The molecule has 0 N–H and O–H groups in total. The number of benzene rings is 1. The predicted octanol–water partition coefficient (Wildman–Crippen LogP) is 4.27. The Kier molecular flexibility index (Phi) is 5.91. The van der Waals surface area contributed by atoms with Crippen LogP contribution >= 0.6 is 22.7 Å². The molecule has 11 heteroatoms. The van der Waals surface area contributed by atoms with Gasteiger partial charge in [0.25, 0.3) is 0 Å². The summed E-state index contributed by atoms with van der Waals surface area (Å²) >= 11 is 1.56. The van der Waals surface area contributed by atoms with E-state index in [0.717, 1.165) is 30.1 Å². The minimum Gasteiger partial charge on any atom is -0.465 e. The smallest absolute Gasteiger partial charge is 0.348 e. The molecule has 0 fully saturated rings. The number of nitro groups is 1. The van der Waals surface area contributed by atoms with Crippen molar-refractivity contribution >= 4 is 43.5 Å². The lowest BCUT2D eigenvalue weighted by molar-refractivity contribution is -0.383. The van der Waals surface area contributed by atoms with Gasteiger partial charge in [0, 0.05) is 10.9 Å². The van der Waals surface area contributed by atoms with Crippen LogP contribution in [-0.2, 0) is 14.6 Å². The van der Waals surface area contributed by atoms with Gasteiger partial charge in [0.2, 0.25) is 0 Å². The summed E-state index contributed by atoms with van der Waals surface area (Å²) < 4.78 is 31.0. The Bertz CT molecular complexity index is 1180. The Morgan fingerprint density at radius 2 is 2.03 bits per heavy atom. The number of hydrogen-bond donors (Lipinski definition) is 0. The average molecular weight is 451 g/mol. The predicted molar refractivity (Wildman–Crippen MR) is 110 cm³/mol. The molecule has 0 amide bonds. The Morgan fingerprint density at radius 1 is 1.34 bits per heavy atom. The number of esters is 1. The van der Waals surface area contributed by atoms with Crippen molar-refractivity contribution in [3.63, 3.8) is 0 Å². The van der Waals surface area contributed by atoms with E-state index >= 15 is 0 Å². The molecule has 150 valence electrons. The van der Waals surface area contributed by atoms with Crippen LogP contribution in [0.4, 0.5) is 5.00 Å². The molecule has 1 atom stereocenters. The monoisotopic (exact) mass is 450 g/mol. The quantitative estimate of drug-likeness (QED) is 0.228. The maximum atomic E-state index is 13.2. The van der Waals surface area contributed by atoms with Crippen LogP contribution in [-0.4, -0.2) is 31.4 Å². The molecule has 0 spiro atoms. The summed E-state index contributed by atoms with van der Waals surface area (Å²) in [6.45, 7) is 3.57. The Morgan fingerprint density at radius 3 is 2.62 bits per heavy atom. The summed E-state index contributed by atoms with van der Waals surface area (Å²) in [5.74, 6) is -0.852. The molecule has 1 unspecified atom stereocenters. The first-order valence-corrected chi connectivity index (χ1v) is 11.3. The van der Waals surface area contributed by atoms with Crippen LogP contribution in [0.2, 0.25) is 0 Å². The van der Waals surface area contributed by atoms with Gasteiger partial charge in [-0.3, -0.25) is 10.1 Å². The van der Waals surface area contributed by atoms with E-state index in [1.807, 2.05) is 30.3 Å². The van der Waals surface area contributed by atoms with Gasteiger partial charge >= 0.3 is 11.0 Å². The van der Waals surface area contributed by atoms with E-state index in [-0.39, 0.29) is 9.88 Å². The Balaban J connectivity index is 2.07. The second-order valence-electron chi connectivity index (χ2n) is 5.67. The maximum absolute atomic E-state index is 13.2. The molecule has 0 saturated heterocycles. The van der Waals surface area contributed by atoms with Crippen LogP contribution in [0.25, 0.3) is 11.3 Å². The van der Waals surface area contributed by atoms with Gasteiger partial charge in [-0.2, -0.15) is 0 Å². The van der Waals surface area contributed by atoms with Crippen LogP contribution < -0.4 is 0 Å². The Labute approximate surface area is 174 Å². The van der Waals surface area contributed by atoms with Crippen LogP contribution in [0.1, 0.15) is 19.9 Å². The number of sulfone groups is 1. The number of aromatic nitrogens is 1. The molecular weight excluding hydrogens is 436 g/mol. The van der Waals surface area contributed by atoms with E-state index in [9.17, 15) is 23.3 Å². The third-order valence-corrected chi connectivity index (χ3v) is 8.20. The SMILES string of the molecule is C=CC(c1nc(-c2ccccc2)cs1)S(=O)(=O)c1cc(C(=O)OC)sc1[N+](=O)[O-].